The molecule has 4 N–H and O–H groups in total. The van der Waals surface area contributed by atoms with Gasteiger partial charge in [0, 0.05) is 11.1 Å². The third-order valence-corrected chi connectivity index (χ3v) is 2.89. The molecule has 0 heterocycles. The minimum atomic E-state index is -1.15. The molecular weight excluding hydrogens is 280 g/mol. The number of carbonyl (C=O) groups excluding carboxylic acids is 2. The standard InChI is InChI=1S/C14H15ClN2O3/c1-14(2,13(16)20)17-12(19)10-6-5-9(4-3-7-18)11(15)8-10/h5-6,8,18H,7H2,1-2H3,(H2,16,20)(H,17,19). The Morgan fingerprint density at radius 3 is 2.60 bits per heavy atom. The second-order valence-electron chi connectivity index (χ2n) is 4.60. The molecule has 1 rings (SSSR count). The van der Waals surface area contributed by atoms with Gasteiger partial charge in [0.15, 0.2) is 0 Å². The van der Waals surface area contributed by atoms with Gasteiger partial charge in [0.1, 0.15) is 12.1 Å². The first-order valence-corrected chi connectivity index (χ1v) is 6.17. The van der Waals surface area contributed by atoms with E-state index < -0.39 is 17.4 Å². The predicted octanol–water partition coefficient (Wildman–Crippen LogP) is 0.678. The number of hydrogen-bond acceptors (Lipinski definition) is 3. The number of primary amides is 1. The topological polar surface area (TPSA) is 92.4 Å². The van der Waals surface area contributed by atoms with Crippen LogP contribution in [-0.4, -0.2) is 29.1 Å². The SMILES string of the molecule is CC(C)(NC(=O)c1ccc(C#CCO)c(Cl)c1)C(N)=O. The Kier molecular flexibility index (Phi) is 5.14. The quantitative estimate of drug-likeness (QED) is 0.716. The van der Waals surface area contributed by atoms with Crippen molar-refractivity contribution >= 4 is 23.4 Å². The smallest absolute Gasteiger partial charge is 0.252 e. The molecule has 0 aliphatic carbocycles. The van der Waals surface area contributed by atoms with Crippen molar-refractivity contribution in [2.75, 3.05) is 6.61 Å². The summed E-state index contributed by atoms with van der Waals surface area (Å²) in [6.07, 6.45) is 0. The van der Waals surface area contributed by atoms with Crippen molar-refractivity contribution < 1.29 is 14.7 Å². The Bertz CT molecular complexity index is 600. The van der Waals surface area contributed by atoms with Crippen LogP contribution in [0.15, 0.2) is 18.2 Å². The van der Waals surface area contributed by atoms with E-state index in [1.54, 1.807) is 6.07 Å². The molecule has 0 aromatic heterocycles. The van der Waals surface area contributed by atoms with Crippen molar-refractivity contribution in [2.45, 2.75) is 19.4 Å². The number of nitrogens with two attached hydrogens (primary N) is 1. The Morgan fingerprint density at radius 1 is 1.45 bits per heavy atom. The molecule has 0 radical (unpaired) electrons. The molecule has 0 saturated carbocycles. The molecule has 1 aromatic carbocycles. The predicted molar refractivity (Wildman–Crippen MR) is 76.2 cm³/mol. The van der Waals surface area contributed by atoms with Gasteiger partial charge in [-0.25, -0.2) is 0 Å². The van der Waals surface area contributed by atoms with Crippen molar-refractivity contribution in [3.05, 3.63) is 34.3 Å². The number of halogens is 1. The normalized spacial score (nSPS) is 10.4. The third-order valence-electron chi connectivity index (χ3n) is 2.58. The summed E-state index contributed by atoms with van der Waals surface area (Å²) in [6.45, 7) is 2.75. The number of benzene rings is 1. The van der Waals surface area contributed by atoms with Gasteiger partial charge in [-0.2, -0.15) is 0 Å². The second-order valence-corrected chi connectivity index (χ2v) is 5.01. The number of rotatable bonds is 3. The molecule has 0 aliphatic heterocycles. The fourth-order valence-corrected chi connectivity index (χ4v) is 1.54. The zero-order chi connectivity index (χ0) is 15.3. The van der Waals surface area contributed by atoms with Crippen LogP contribution in [0.5, 0.6) is 0 Å². The lowest BCUT2D eigenvalue weighted by Crippen LogP contribution is -2.53. The van der Waals surface area contributed by atoms with Crippen LogP contribution in [-0.2, 0) is 4.79 Å². The summed E-state index contributed by atoms with van der Waals surface area (Å²) in [4.78, 5) is 23.2. The highest BCUT2D eigenvalue weighted by Gasteiger charge is 2.27. The molecule has 5 nitrogen and oxygen atoms in total. The van der Waals surface area contributed by atoms with E-state index in [4.69, 9.17) is 22.4 Å². The van der Waals surface area contributed by atoms with E-state index in [2.05, 4.69) is 17.2 Å². The van der Waals surface area contributed by atoms with Crippen LogP contribution in [0.1, 0.15) is 29.8 Å². The minimum Gasteiger partial charge on any atom is -0.384 e. The summed E-state index contributed by atoms with van der Waals surface area (Å²) in [5.41, 5.74) is 4.83. The van der Waals surface area contributed by atoms with Gasteiger partial charge in [-0.05, 0) is 32.0 Å². The van der Waals surface area contributed by atoms with Crippen LogP contribution in [0.4, 0.5) is 0 Å². The Labute approximate surface area is 122 Å². The van der Waals surface area contributed by atoms with Gasteiger partial charge in [-0.3, -0.25) is 9.59 Å². The monoisotopic (exact) mass is 294 g/mol. The highest BCUT2D eigenvalue weighted by Crippen LogP contribution is 2.17. The Hall–Kier alpha value is -2.03. The van der Waals surface area contributed by atoms with Crippen molar-refractivity contribution in [1.82, 2.24) is 5.32 Å². The van der Waals surface area contributed by atoms with E-state index >= 15 is 0 Å². The summed E-state index contributed by atoms with van der Waals surface area (Å²) >= 11 is 5.99. The van der Waals surface area contributed by atoms with Gasteiger partial charge in [-0.1, -0.05) is 23.4 Å². The Morgan fingerprint density at radius 2 is 2.10 bits per heavy atom. The molecule has 6 heteroatoms. The maximum absolute atomic E-state index is 12.0. The van der Waals surface area contributed by atoms with Gasteiger partial charge in [-0.15, -0.1) is 0 Å². The fourth-order valence-electron chi connectivity index (χ4n) is 1.31. The van der Waals surface area contributed by atoms with E-state index in [1.807, 2.05) is 0 Å². The molecular formula is C14H15ClN2O3. The summed E-state index contributed by atoms with van der Waals surface area (Å²) in [7, 11) is 0. The van der Waals surface area contributed by atoms with E-state index in [-0.39, 0.29) is 11.6 Å². The van der Waals surface area contributed by atoms with Gasteiger partial charge in [0.25, 0.3) is 5.91 Å². The molecule has 0 spiro atoms. The van der Waals surface area contributed by atoms with Crippen molar-refractivity contribution in [2.24, 2.45) is 5.73 Å². The summed E-state index contributed by atoms with van der Waals surface area (Å²) < 4.78 is 0. The molecule has 0 fully saturated rings. The zero-order valence-corrected chi connectivity index (χ0v) is 11.9. The first-order chi connectivity index (χ1) is 9.27. The molecule has 2 amide bonds. The number of aliphatic hydroxyl groups is 1. The first kappa shape index (κ1) is 16.0. The van der Waals surface area contributed by atoms with Gasteiger partial charge in [0.05, 0.1) is 5.02 Å². The Balaban J connectivity index is 2.96. The van der Waals surface area contributed by atoms with Crippen LogP contribution in [0.3, 0.4) is 0 Å². The number of carbonyl (C=O) groups is 2. The number of amides is 2. The molecule has 0 aliphatic rings. The summed E-state index contributed by atoms with van der Waals surface area (Å²) in [6, 6.07) is 4.53. The lowest BCUT2D eigenvalue weighted by molar-refractivity contribution is -0.122. The molecule has 106 valence electrons. The number of aliphatic hydroxyl groups excluding tert-OH is 1. The molecule has 0 atom stereocenters. The lowest BCUT2D eigenvalue weighted by atomic mass is 10.0. The van der Waals surface area contributed by atoms with Gasteiger partial charge < -0.3 is 16.2 Å². The van der Waals surface area contributed by atoms with E-state index in [1.165, 1.54) is 26.0 Å². The molecule has 20 heavy (non-hydrogen) atoms. The highest BCUT2D eigenvalue weighted by atomic mass is 35.5. The highest BCUT2D eigenvalue weighted by molar-refractivity contribution is 6.32. The van der Waals surface area contributed by atoms with Crippen LogP contribution in [0, 0.1) is 11.8 Å². The van der Waals surface area contributed by atoms with Crippen LogP contribution >= 0.6 is 11.6 Å². The average molecular weight is 295 g/mol. The van der Waals surface area contributed by atoms with Crippen molar-refractivity contribution in [3.63, 3.8) is 0 Å². The van der Waals surface area contributed by atoms with E-state index in [9.17, 15) is 9.59 Å². The van der Waals surface area contributed by atoms with Gasteiger partial charge in [0.2, 0.25) is 5.91 Å². The fraction of sp³-hybridized carbons (Fsp3) is 0.286. The number of nitrogens with one attached hydrogen (secondary N) is 1. The summed E-state index contributed by atoms with van der Waals surface area (Å²) in [5.74, 6) is 4.03. The van der Waals surface area contributed by atoms with Crippen LogP contribution < -0.4 is 11.1 Å². The molecule has 0 unspecified atom stereocenters. The van der Waals surface area contributed by atoms with Gasteiger partial charge >= 0.3 is 0 Å². The summed E-state index contributed by atoms with van der Waals surface area (Å²) in [5, 5.41) is 11.4. The maximum Gasteiger partial charge on any atom is 0.252 e. The average Bonchev–Trinajstić information content (AvgIpc) is 2.36. The maximum atomic E-state index is 12.0. The minimum absolute atomic E-state index is 0.272. The number of hydrogen-bond donors (Lipinski definition) is 3. The zero-order valence-electron chi connectivity index (χ0n) is 11.2. The van der Waals surface area contributed by atoms with Crippen molar-refractivity contribution in [3.8, 4) is 11.8 Å². The molecule has 0 saturated heterocycles. The van der Waals surface area contributed by atoms with E-state index in [0.717, 1.165) is 0 Å². The first-order valence-electron chi connectivity index (χ1n) is 5.79. The van der Waals surface area contributed by atoms with Crippen LogP contribution in [0.25, 0.3) is 0 Å². The van der Waals surface area contributed by atoms with Crippen molar-refractivity contribution in [1.29, 1.82) is 0 Å². The van der Waals surface area contributed by atoms with Crippen LogP contribution in [0.2, 0.25) is 5.02 Å². The van der Waals surface area contributed by atoms with E-state index in [0.29, 0.717) is 11.1 Å². The third kappa shape index (κ3) is 3.98. The second kappa shape index (κ2) is 6.42. The molecule has 0 bridgehead atoms. The molecule has 1 aromatic rings. The largest absolute Gasteiger partial charge is 0.384 e. The lowest BCUT2D eigenvalue weighted by Gasteiger charge is -2.22.